The molecule has 2 fully saturated rings. The number of aromatic amines is 2. The number of imidazole rings is 2. The molecule has 4 N–H and O–H groups in total. The largest absolute Gasteiger partial charge is 0.465 e. The highest BCUT2D eigenvalue weighted by Gasteiger charge is 2.40. The molecule has 2 aromatic carbocycles. The molecule has 0 spiro atoms. The normalized spacial score (nSPS) is 17.9. The van der Waals surface area contributed by atoms with Crippen molar-refractivity contribution >= 4 is 57.1 Å². The van der Waals surface area contributed by atoms with Crippen molar-refractivity contribution in [1.82, 2.24) is 49.9 Å². The van der Waals surface area contributed by atoms with E-state index in [1.54, 1.807) is 16.0 Å². The van der Waals surface area contributed by atoms with Crippen LogP contribution in [0.1, 0.15) is 77.1 Å². The molecule has 4 aromatic heterocycles. The van der Waals surface area contributed by atoms with Crippen molar-refractivity contribution in [2.24, 2.45) is 11.8 Å². The smallest absolute Gasteiger partial charge is 0.407 e. The summed E-state index contributed by atoms with van der Waals surface area (Å²) in [7, 11) is 2.73. The number of carboxylic acid groups (broad SMARTS) is 1. The van der Waals surface area contributed by atoms with Crippen LogP contribution in [0.3, 0.4) is 0 Å². The van der Waals surface area contributed by atoms with Gasteiger partial charge in [-0.25, -0.2) is 29.5 Å². The molecule has 6 heterocycles. The number of methoxy groups -OCH3 is 1. The number of nitrogens with one attached hydrogen (secondary N) is 3. The number of fused-ring (bicyclic) bond motifs is 3. The lowest BCUT2D eigenvalue weighted by Crippen LogP contribution is -2.51. The Hall–Kier alpha value is -6.58. The third-order valence-electron chi connectivity index (χ3n) is 11.9. The Morgan fingerprint density at radius 3 is 1.70 bits per heavy atom. The molecular weight excluding hydrogens is 765 g/mol. The van der Waals surface area contributed by atoms with E-state index in [-0.39, 0.29) is 35.7 Å². The van der Waals surface area contributed by atoms with Gasteiger partial charge in [0.2, 0.25) is 11.8 Å². The van der Waals surface area contributed by atoms with Gasteiger partial charge in [0.15, 0.2) is 11.3 Å². The average molecular weight is 815 g/mol. The fourth-order valence-electron chi connectivity index (χ4n) is 8.77. The van der Waals surface area contributed by atoms with Gasteiger partial charge >= 0.3 is 12.2 Å². The summed E-state index contributed by atoms with van der Waals surface area (Å²) in [6, 6.07) is 14.6. The van der Waals surface area contributed by atoms with Gasteiger partial charge in [-0.1, -0.05) is 52.0 Å². The van der Waals surface area contributed by atoms with E-state index in [2.05, 4.69) is 61.7 Å². The number of H-pyrrole nitrogens is 2. The third kappa shape index (κ3) is 7.57. The number of carbonyl (C=O) groups excluding carboxylic acids is 3. The second kappa shape index (κ2) is 16.2. The summed E-state index contributed by atoms with van der Waals surface area (Å²) in [5.74, 6) is 0.619. The molecule has 16 nitrogen and oxygen atoms in total. The maximum atomic E-state index is 13.7. The van der Waals surface area contributed by atoms with Crippen LogP contribution in [-0.4, -0.2) is 113 Å². The fraction of sp³-hybridized carbons (Fsp3) is 0.409. The van der Waals surface area contributed by atoms with E-state index in [0.717, 1.165) is 74.6 Å². The second-order valence-corrected chi connectivity index (χ2v) is 16.5. The van der Waals surface area contributed by atoms with Crippen LogP contribution >= 0.6 is 0 Å². The van der Waals surface area contributed by atoms with Gasteiger partial charge in [-0.05, 0) is 83.7 Å². The number of aromatic nitrogens is 6. The minimum Gasteiger partial charge on any atom is -0.465 e. The monoisotopic (exact) mass is 814 g/mol. The first-order valence-electron chi connectivity index (χ1n) is 20.5. The minimum atomic E-state index is -1.13. The quantitative estimate of drug-likeness (QED) is 0.111. The molecule has 2 aliphatic rings. The third-order valence-corrected chi connectivity index (χ3v) is 11.9. The first kappa shape index (κ1) is 40.2. The Balaban J connectivity index is 0.999. The second-order valence-electron chi connectivity index (χ2n) is 16.5. The number of rotatable bonds is 10. The highest BCUT2D eigenvalue weighted by Crippen LogP contribution is 2.36. The molecule has 0 unspecified atom stereocenters. The summed E-state index contributed by atoms with van der Waals surface area (Å²) in [6.07, 6.45) is 4.93. The van der Waals surface area contributed by atoms with Crippen LogP contribution in [-0.2, 0) is 14.3 Å². The summed E-state index contributed by atoms with van der Waals surface area (Å²) < 4.78 is 4.77. The molecule has 4 amide bonds. The zero-order valence-corrected chi connectivity index (χ0v) is 34.6. The molecule has 0 saturated carbocycles. The number of carbonyl (C=O) groups is 4. The number of nitrogens with zero attached hydrogens (tertiary/aromatic N) is 7. The van der Waals surface area contributed by atoms with Crippen LogP contribution in [0.2, 0.25) is 0 Å². The summed E-state index contributed by atoms with van der Waals surface area (Å²) in [4.78, 5) is 81.6. The molecule has 0 radical (unpaired) electrons. The van der Waals surface area contributed by atoms with Gasteiger partial charge in [-0.3, -0.25) is 14.5 Å². The van der Waals surface area contributed by atoms with Gasteiger partial charge in [-0.15, -0.1) is 0 Å². The highest BCUT2D eigenvalue weighted by molar-refractivity contribution is 5.93. The standard InChI is InChI=1S/C44H50N10O6/c1-23(2)35(49-43(57)60-6)41(55)53-15-7-9-33(53)39-47-31-19-29(21-45-37(31)50-39)27-13-11-26-18-28(14-12-25(26)17-27)30-20-32-38(46-22-30)51-40(48-32)34-10-8-16-54(34)42(56)36(24(3)4)52(5)44(58)59/h11-14,17-24,33-36H,7-10,15-16H2,1-6H3,(H,49,57)(H,58,59)(H,45,47,50)(H,46,48,51)/t33-,34-,35-,36-/m0/s1. The summed E-state index contributed by atoms with van der Waals surface area (Å²) in [5, 5.41) is 14.4. The first-order chi connectivity index (χ1) is 28.8. The molecular formula is C44H50N10O6. The van der Waals surface area contributed by atoms with E-state index in [4.69, 9.17) is 14.7 Å². The zero-order valence-electron chi connectivity index (χ0n) is 34.6. The van der Waals surface area contributed by atoms with Gasteiger partial charge in [-0.2, -0.15) is 0 Å². The van der Waals surface area contributed by atoms with Crippen molar-refractivity contribution in [3.05, 3.63) is 72.6 Å². The summed E-state index contributed by atoms with van der Waals surface area (Å²) >= 11 is 0. The number of alkyl carbamates (subject to hydrolysis) is 1. The van der Waals surface area contributed by atoms with Crippen LogP contribution in [0.4, 0.5) is 9.59 Å². The molecule has 2 aliphatic heterocycles. The molecule has 2 saturated heterocycles. The van der Waals surface area contributed by atoms with E-state index >= 15 is 0 Å². The maximum Gasteiger partial charge on any atom is 0.407 e. The fourth-order valence-corrected chi connectivity index (χ4v) is 8.77. The van der Waals surface area contributed by atoms with E-state index in [1.807, 2.05) is 46.0 Å². The van der Waals surface area contributed by atoms with Gasteiger partial charge in [0.05, 0.1) is 30.2 Å². The van der Waals surface area contributed by atoms with Crippen molar-refractivity contribution in [3.63, 3.8) is 0 Å². The molecule has 0 bridgehead atoms. The molecule has 4 atom stereocenters. The molecule has 312 valence electrons. The Kier molecular flexibility index (Phi) is 10.9. The minimum absolute atomic E-state index is 0.126. The number of pyridine rings is 2. The summed E-state index contributed by atoms with van der Waals surface area (Å²) in [5.41, 5.74) is 6.47. The van der Waals surface area contributed by atoms with Gasteiger partial charge in [0.1, 0.15) is 23.7 Å². The maximum absolute atomic E-state index is 13.7. The number of likely N-dealkylation sites (N-methyl/N-ethyl adjacent to an activating group) is 1. The number of amides is 4. The number of hydrogen-bond donors (Lipinski definition) is 4. The van der Waals surface area contributed by atoms with Gasteiger partial charge in [0, 0.05) is 43.7 Å². The topological polar surface area (TPSA) is 203 Å². The van der Waals surface area contributed by atoms with Gasteiger partial charge in [0.25, 0.3) is 0 Å². The molecule has 60 heavy (non-hydrogen) atoms. The van der Waals surface area contributed by atoms with Gasteiger partial charge < -0.3 is 34.9 Å². The van der Waals surface area contributed by atoms with E-state index in [1.165, 1.54) is 14.2 Å². The first-order valence-corrected chi connectivity index (χ1v) is 20.5. The van der Waals surface area contributed by atoms with E-state index in [0.29, 0.717) is 36.0 Å². The lowest BCUT2D eigenvalue weighted by molar-refractivity contribution is -0.138. The molecule has 16 heteroatoms. The van der Waals surface area contributed by atoms with Crippen LogP contribution < -0.4 is 5.32 Å². The van der Waals surface area contributed by atoms with Crippen LogP contribution in [0, 0.1) is 11.8 Å². The van der Waals surface area contributed by atoms with Crippen molar-refractivity contribution in [2.45, 2.75) is 77.5 Å². The Morgan fingerprint density at radius 2 is 1.25 bits per heavy atom. The highest BCUT2D eigenvalue weighted by atomic mass is 16.5. The van der Waals surface area contributed by atoms with Crippen LogP contribution in [0.15, 0.2) is 60.9 Å². The Labute approximate surface area is 346 Å². The number of benzene rings is 2. The predicted molar refractivity (Wildman–Crippen MR) is 226 cm³/mol. The number of hydrogen-bond acceptors (Lipinski definition) is 9. The molecule has 8 rings (SSSR count). The van der Waals surface area contributed by atoms with Crippen LogP contribution in [0.25, 0.3) is 55.4 Å². The van der Waals surface area contributed by atoms with E-state index < -0.39 is 24.3 Å². The number of likely N-dealkylation sites (tertiary alicyclic amines) is 2. The number of ether oxygens (including phenoxy) is 1. The predicted octanol–water partition coefficient (Wildman–Crippen LogP) is 7.06. The molecule has 6 aromatic rings. The van der Waals surface area contributed by atoms with Crippen molar-refractivity contribution in [1.29, 1.82) is 0 Å². The SMILES string of the molecule is COC(=O)N[C@H](C(=O)N1CCC[C@H]1c1nc2ncc(-c3ccc4cc(-c5cnc6nc([C@@H]7CCCN7C(=O)[C@H](C(C)C)N(C)C(=O)O)[nH]c6c5)ccc4c3)cc2[nH]1)C(C)C. The Bertz CT molecular complexity index is 2620. The van der Waals surface area contributed by atoms with Crippen molar-refractivity contribution in [3.8, 4) is 22.3 Å². The lowest BCUT2D eigenvalue weighted by atomic mass is 9.99. The lowest BCUT2D eigenvalue weighted by Gasteiger charge is -2.33. The Morgan fingerprint density at radius 1 is 0.750 bits per heavy atom. The molecule has 0 aliphatic carbocycles. The zero-order chi connectivity index (χ0) is 42.4. The van der Waals surface area contributed by atoms with Crippen molar-refractivity contribution < 1.29 is 29.0 Å². The van der Waals surface area contributed by atoms with E-state index in [9.17, 15) is 24.3 Å². The summed E-state index contributed by atoms with van der Waals surface area (Å²) in [6.45, 7) is 8.60. The average Bonchev–Trinajstić information content (AvgIpc) is 4.07. The van der Waals surface area contributed by atoms with Crippen molar-refractivity contribution in [2.75, 3.05) is 27.2 Å². The van der Waals surface area contributed by atoms with Crippen LogP contribution in [0.5, 0.6) is 0 Å².